The van der Waals surface area contributed by atoms with Gasteiger partial charge >= 0.3 is 0 Å². The first-order valence-corrected chi connectivity index (χ1v) is 48.1. The number of nitrogens with one attached hydrogen (secondary N) is 4. The summed E-state index contributed by atoms with van der Waals surface area (Å²) < 4.78 is 83.8. The van der Waals surface area contributed by atoms with Crippen LogP contribution in [0, 0.1) is 0 Å². The van der Waals surface area contributed by atoms with Crippen LogP contribution in [0.5, 0.6) is 0 Å². The molecule has 768 valence electrons. The Kier molecular flexibility index (Phi) is 53.6. The number of allylic oxidation sites excluding steroid dienone is 3. The quantitative estimate of drug-likeness (QED) is 0.0224. The smallest absolute Gasteiger partial charge is 0.220 e. The SMILES string of the molecule is CCCCCCCC/C=C\CCCCCCCCCCCCCC(=O)N[C@@H](CO[C@@H]1OC(CO)[C@@H](O[C@@H]2OC(CO[C@@H]3OC(CO)[C@@H](O[C@@H]4OC(CO)[C@H](O[C@@H]5OC(CO)[C@H](O)[C@H](O)C5NC(C)=O)[C@H](O)C4O)[C@H](O)C3NC(C)=O)[C@H](O)[C@H](O[C@H]3OC(CO)[C@H](O)[C@H](O[C@@H]4OC(CO)[C@H](O)[C@H](O)C4NC(C)=O)C3O)C2O)[C@H](O)C1O)[C@H](O)/C=C/CCCCCCCCCCCCC. The molecule has 42 heteroatoms. The molecule has 7 aliphatic heterocycles. The van der Waals surface area contributed by atoms with Gasteiger partial charge in [-0.25, -0.2) is 0 Å². The zero-order valence-corrected chi connectivity index (χ0v) is 77.2. The number of hydrogen-bond acceptors (Lipinski definition) is 38. The van der Waals surface area contributed by atoms with Crippen molar-refractivity contribution in [3.05, 3.63) is 24.3 Å². The number of aliphatic hydroxyl groups excluding tert-OH is 20. The zero-order valence-electron chi connectivity index (χ0n) is 77.2. The van der Waals surface area contributed by atoms with Crippen molar-refractivity contribution in [3.63, 3.8) is 0 Å². The Morgan fingerprint density at radius 3 is 1.02 bits per heavy atom. The fourth-order valence-corrected chi connectivity index (χ4v) is 17.7. The van der Waals surface area contributed by atoms with Gasteiger partial charge in [-0.15, -0.1) is 0 Å². The number of carbonyl (C=O) groups is 4. The Morgan fingerprint density at radius 2 is 0.606 bits per heavy atom. The van der Waals surface area contributed by atoms with Crippen LogP contribution in [0.25, 0.3) is 0 Å². The molecule has 42 nitrogen and oxygen atoms in total. The number of ether oxygens (including phenoxy) is 14. The Hall–Kier alpha value is -4.00. The van der Waals surface area contributed by atoms with Gasteiger partial charge in [-0.2, -0.15) is 0 Å². The fourth-order valence-electron chi connectivity index (χ4n) is 17.7. The van der Waals surface area contributed by atoms with Crippen molar-refractivity contribution in [1.29, 1.82) is 0 Å². The van der Waals surface area contributed by atoms with Gasteiger partial charge in [0.15, 0.2) is 44.0 Å². The second-order valence-corrected chi connectivity index (χ2v) is 36.0. The van der Waals surface area contributed by atoms with Crippen molar-refractivity contribution in [3.8, 4) is 0 Å². The molecule has 7 aliphatic rings. The minimum absolute atomic E-state index is 0.121. The second kappa shape index (κ2) is 61.5. The van der Waals surface area contributed by atoms with E-state index in [2.05, 4.69) is 47.3 Å². The van der Waals surface area contributed by atoms with Crippen LogP contribution >= 0.6 is 0 Å². The molecule has 0 aromatic heterocycles. The van der Waals surface area contributed by atoms with Crippen molar-refractivity contribution >= 4 is 23.6 Å². The molecule has 0 radical (unpaired) electrons. The summed E-state index contributed by atoms with van der Waals surface area (Å²) in [5, 5.41) is 237. The molecular weight excluding hydrogens is 1740 g/mol. The zero-order chi connectivity index (χ0) is 96.5. The van der Waals surface area contributed by atoms with Gasteiger partial charge in [-0.1, -0.05) is 192 Å². The van der Waals surface area contributed by atoms with E-state index >= 15 is 0 Å². The van der Waals surface area contributed by atoms with Gasteiger partial charge in [0.05, 0.1) is 65.0 Å². The molecule has 0 bridgehead atoms. The van der Waals surface area contributed by atoms with Gasteiger partial charge in [0.1, 0.15) is 171 Å². The predicted molar refractivity (Wildman–Crippen MR) is 466 cm³/mol. The molecule has 4 amide bonds. The molecule has 0 saturated carbocycles. The van der Waals surface area contributed by atoms with Crippen molar-refractivity contribution < 1.29 is 188 Å². The molecule has 132 heavy (non-hydrogen) atoms. The number of unbranched alkanes of at least 4 members (excludes halogenated alkanes) is 28. The summed E-state index contributed by atoms with van der Waals surface area (Å²) in [6.45, 7) is -0.0861. The van der Waals surface area contributed by atoms with Crippen LogP contribution in [-0.2, 0) is 85.5 Å². The van der Waals surface area contributed by atoms with E-state index in [1.54, 1.807) is 6.08 Å². The molecule has 7 rings (SSSR count). The maximum Gasteiger partial charge on any atom is 0.220 e. The van der Waals surface area contributed by atoms with E-state index in [9.17, 15) is 121 Å². The number of hydrogen-bond donors (Lipinski definition) is 24. The molecule has 0 aromatic carbocycles. The lowest BCUT2D eigenvalue weighted by Gasteiger charge is -2.50. The van der Waals surface area contributed by atoms with Gasteiger partial charge in [0.25, 0.3) is 0 Å². The standard InChI is InChI=1S/C90H160N4O38/c1-6-8-10-12-14-16-18-20-21-22-23-24-25-26-27-29-31-33-35-37-39-41-62(105)94-53(54(104)40-38-36-34-32-30-28-19-17-15-13-11-9-7-2)48-119-87-75(115)73(113)81(59(46-99)125-87)130-90-78(118)83(132-89-77(117)82(68(108)57(44-97)123-89)131-86-64(92-51(4)102)71(111)67(107)56(43-96)122-86)69(109)61(127-90)49-120-84-65(93-52(5)103)72(112)79(58(45-98)124-84)129-88-76(116)74(114)80(60(47-100)126-88)128-85-63(91-50(3)101)70(110)66(106)55(42-95)121-85/h20-21,38,40,53-61,63-90,95-100,104,106-118H,6-19,22-37,39,41-49H2,1-5H3,(H,91,101)(H,92,102)(H,93,103)(H,94,105)/b21-20-,40-38+/t53-,54+,55?,56?,57?,58?,59?,60?,61?,63?,64?,65?,66-,67-,68-,69-,70+,71+,72+,73+,74+,75?,76?,77?,78?,79+,80-,81+,82-,83-,84+,85-,86-,87+,88-,89+,90-/m0/s1. The summed E-state index contributed by atoms with van der Waals surface area (Å²) in [6, 6.07) is -6.22. The first kappa shape index (κ1) is 115. The highest BCUT2D eigenvalue weighted by molar-refractivity contribution is 5.76. The van der Waals surface area contributed by atoms with Crippen LogP contribution in [0.1, 0.15) is 240 Å². The lowest BCUT2D eigenvalue weighted by Crippen LogP contribution is -2.69. The van der Waals surface area contributed by atoms with Gasteiger partial charge in [-0.05, 0) is 44.9 Å². The Balaban J connectivity index is 1.06. The molecule has 7 fully saturated rings. The maximum absolute atomic E-state index is 13.8. The van der Waals surface area contributed by atoms with Gasteiger partial charge in [0.2, 0.25) is 23.6 Å². The fraction of sp³-hybridized carbons (Fsp3) is 0.911. The molecule has 0 aromatic rings. The molecule has 0 spiro atoms. The van der Waals surface area contributed by atoms with E-state index < -0.39 is 303 Å². The lowest BCUT2D eigenvalue weighted by atomic mass is 9.94. The highest BCUT2D eigenvalue weighted by Gasteiger charge is 2.59. The molecular formula is C90H160N4O38. The van der Waals surface area contributed by atoms with Crippen molar-refractivity contribution in [2.45, 2.75) is 467 Å². The lowest BCUT2D eigenvalue weighted by molar-refractivity contribution is -0.391. The summed E-state index contributed by atoms with van der Waals surface area (Å²) in [6.07, 6.45) is -21.8. The number of aliphatic hydroxyl groups is 20. The van der Waals surface area contributed by atoms with E-state index in [0.29, 0.717) is 12.8 Å². The van der Waals surface area contributed by atoms with Crippen molar-refractivity contribution in [2.24, 2.45) is 0 Å². The minimum Gasteiger partial charge on any atom is -0.394 e. The normalized spacial score (nSPS) is 36.9. The van der Waals surface area contributed by atoms with Crippen LogP contribution in [0.15, 0.2) is 24.3 Å². The maximum atomic E-state index is 13.8. The van der Waals surface area contributed by atoms with Crippen LogP contribution < -0.4 is 21.3 Å². The molecule has 24 N–H and O–H groups in total. The van der Waals surface area contributed by atoms with Crippen LogP contribution in [0.2, 0.25) is 0 Å². The van der Waals surface area contributed by atoms with Gasteiger partial charge in [0, 0.05) is 27.2 Å². The summed E-state index contributed by atoms with van der Waals surface area (Å²) in [5.74, 6) is -2.81. The van der Waals surface area contributed by atoms with E-state index in [0.717, 1.165) is 91.4 Å². The highest BCUT2D eigenvalue weighted by atomic mass is 16.8. The van der Waals surface area contributed by atoms with E-state index in [-0.39, 0.29) is 6.42 Å². The monoisotopic (exact) mass is 1910 g/mol. The third-order valence-corrected chi connectivity index (χ3v) is 25.4. The molecule has 7 heterocycles. The summed E-state index contributed by atoms with van der Waals surface area (Å²) in [7, 11) is 0. The third kappa shape index (κ3) is 35.3. The molecule has 37 atom stereocenters. The van der Waals surface area contributed by atoms with Gasteiger partial charge in [-0.3, -0.25) is 19.2 Å². The van der Waals surface area contributed by atoms with Crippen LogP contribution in [-0.4, -0.2) is 406 Å². The first-order valence-electron chi connectivity index (χ1n) is 48.1. The summed E-state index contributed by atoms with van der Waals surface area (Å²) in [4.78, 5) is 51.5. The van der Waals surface area contributed by atoms with Crippen molar-refractivity contribution in [1.82, 2.24) is 21.3 Å². The second-order valence-electron chi connectivity index (χ2n) is 36.0. The molecule has 7 saturated heterocycles. The average Bonchev–Trinajstić information content (AvgIpc) is 0.770. The highest BCUT2D eigenvalue weighted by Crippen LogP contribution is 2.39. The van der Waals surface area contributed by atoms with E-state index in [4.69, 9.17) is 66.3 Å². The first-order chi connectivity index (χ1) is 63.4. The third-order valence-electron chi connectivity index (χ3n) is 25.4. The van der Waals surface area contributed by atoms with E-state index in [1.807, 2.05) is 6.08 Å². The number of amides is 4. The Labute approximate surface area is 773 Å². The summed E-state index contributed by atoms with van der Waals surface area (Å²) >= 11 is 0. The number of carbonyl (C=O) groups excluding carboxylic acids is 4. The topological polar surface area (TPSA) is 650 Å². The largest absolute Gasteiger partial charge is 0.394 e. The van der Waals surface area contributed by atoms with Gasteiger partial charge < -0.3 is 190 Å². The number of rotatable bonds is 61. The van der Waals surface area contributed by atoms with Crippen molar-refractivity contribution in [2.75, 3.05) is 52.9 Å². The van der Waals surface area contributed by atoms with E-state index in [1.165, 1.54) is 116 Å². The average molecular weight is 1910 g/mol. The Bertz CT molecular complexity index is 3220. The molecule has 14 unspecified atom stereocenters. The van der Waals surface area contributed by atoms with Crippen LogP contribution in [0.4, 0.5) is 0 Å². The predicted octanol–water partition coefficient (Wildman–Crippen LogP) is -2.34. The minimum atomic E-state index is -2.39. The van der Waals surface area contributed by atoms with Crippen LogP contribution in [0.3, 0.4) is 0 Å². The summed E-state index contributed by atoms with van der Waals surface area (Å²) in [5.41, 5.74) is 0. The molecule has 0 aliphatic carbocycles. The Morgan fingerprint density at radius 1 is 0.303 bits per heavy atom.